The molecule has 0 saturated heterocycles. The fourth-order valence-corrected chi connectivity index (χ4v) is 3.28. The van der Waals surface area contributed by atoms with Crippen molar-refractivity contribution >= 4 is 15.8 Å². The molecule has 0 saturated carbocycles. The second-order valence-electron chi connectivity index (χ2n) is 4.54. The molecule has 2 aromatic rings. The van der Waals surface area contributed by atoms with Crippen LogP contribution in [0.15, 0.2) is 41.6 Å². The van der Waals surface area contributed by atoms with Crippen molar-refractivity contribution in [2.75, 3.05) is 5.75 Å². The molecule has 6 nitrogen and oxygen atoms in total. The Morgan fingerprint density at radius 2 is 2.14 bits per heavy atom. The number of hydrogen-bond donors (Lipinski definition) is 1. The fourth-order valence-electron chi connectivity index (χ4n) is 2.02. The third-order valence-electron chi connectivity index (χ3n) is 3.16. The van der Waals surface area contributed by atoms with E-state index in [1.165, 1.54) is 24.3 Å². The first-order valence-corrected chi connectivity index (χ1v) is 8.15. The van der Waals surface area contributed by atoms with Crippen LogP contribution >= 0.6 is 0 Å². The molecule has 0 aliphatic heterocycles. The maximum absolute atomic E-state index is 12.3. The number of carbonyl (C=O) groups is 1. The number of aromatic carboxylic acids is 1. The first-order chi connectivity index (χ1) is 9.94. The van der Waals surface area contributed by atoms with Crippen LogP contribution < -0.4 is 0 Å². The van der Waals surface area contributed by atoms with Gasteiger partial charge in [0.1, 0.15) is 5.82 Å². The highest BCUT2D eigenvalue weighted by atomic mass is 32.2. The molecule has 0 atom stereocenters. The second-order valence-corrected chi connectivity index (χ2v) is 6.65. The Hall–Kier alpha value is -2.15. The Kier molecular flexibility index (Phi) is 4.42. The lowest BCUT2D eigenvalue weighted by Crippen LogP contribution is -2.15. The molecule has 0 bridgehead atoms. The van der Waals surface area contributed by atoms with Crippen molar-refractivity contribution in [2.45, 2.75) is 24.8 Å². The Bertz CT molecular complexity index is 750. The highest BCUT2D eigenvalue weighted by Crippen LogP contribution is 2.14. The van der Waals surface area contributed by atoms with Crippen LogP contribution in [0.25, 0.3) is 0 Å². The molecule has 1 aromatic carbocycles. The summed E-state index contributed by atoms with van der Waals surface area (Å²) >= 11 is 0. The lowest BCUT2D eigenvalue weighted by Gasteiger charge is -2.08. The van der Waals surface area contributed by atoms with Gasteiger partial charge in [-0.05, 0) is 18.2 Å². The summed E-state index contributed by atoms with van der Waals surface area (Å²) in [5, 5.41) is 8.92. The monoisotopic (exact) mass is 308 g/mol. The summed E-state index contributed by atoms with van der Waals surface area (Å²) in [4.78, 5) is 15.1. The quantitative estimate of drug-likeness (QED) is 0.876. The van der Waals surface area contributed by atoms with Crippen molar-refractivity contribution in [3.63, 3.8) is 0 Å². The molecule has 0 aliphatic rings. The van der Waals surface area contributed by atoms with Crippen LogP contribution in [-0.4, -0.2) is 34.8 Å². The average Bonchev–Trinajstić information content (AvgIpc) is 2.93. The molecule has 0 amide bonds. The molecule has 0 fully saturated rings. The smallest absolute Gasteiger partial charge is 0.335 e. The van der Waals surface area contributed by atoms with Crippen molar-refractivity contribution in [2.24, 2.45) is 0 Å². The number of rotatable bonds is 6. The van der Waals surface area contributed by atoms with E-state index in [9.17, 15) is 13.2 Å². The molecule has 1 aromatic heterocycles. The van der Waals surface area contributed by atoms with Gasteiger partial charge in [0.15, 0.2) is 9.84 Å². The molecule has 1 heterocycles. The van der Waals surface area contributed by atoms with Gasteiger partial charge in [-0.25, -0.2) is 18.2 Å². The summed E-state index contributed by atoms with van der Waals surface area (Å²) in [5.74, 6) is -0.418. The number of benzene rings is 1. The van der Waals surface area contributed by atoms with Gasteiger partial charge in [0.25, 0.3) is 0 Å². The molecule has 1 N–H and O–H groups in total. The largest absolute Gasteiger partial charge is 0.478 e. The maximum atomic E-state index is 12.3. The highest BCUT2D eigenvalue weighted by Gasteiger charge is 2.17. The molecule has 0 aliphatic carbocycles. The summed E-state index contributed by atoms with van der Waals surface area (Å²) in [7, 11) is -3.53. The third-order valence-corrected chi connectivity index (χ3v) is 4.85. The van der Waals surface area contributed by atoms with Crippen molar-refractivity contribution in [1.82, 2.24) is 9.55 Å². The van der Waals surface area contributed by atoms with Crippen LogP contribution in [0, 0.1) is 0 Å². The molecular weight excluding hydrogens is 292 g/mol. The lowest BCUT2D eigenvalue weighted by molar-refractivity contribution is 0.0696. The summed E-state index contributed by atoms with van der Waals surface area (Å²) in [6, 6.07) is 5.40. The average molecular weight is 308 g/mol. The molecular formula is C14H16N2O4S. The van der Waals surface area contributed by atoms with Crippen LogP contribution in [0.5, 0.6) is 0 Å². The van der Waals surface area contributed by atoms with Gasteiger partial charge < -0.3 is 9.67 Å². The Morgan fingerprint density at radius 3 is 2.81 bits per heavy atom. The normalized spacial score (nSPS) is 11.5. The summed E-state index contributed by atoms with van der Waals surface area (Å²) in [6.45, 7) is 2.24. The molecule has 0 radical (unpaired) electrons. The minimum absolute atomic E-state index is 0.0283. The predicted molar refractivity (Wildman–Crippen MR) is 77.1 cm³/mol. The van der Waals surface area contributed by atoms with Crippen LogP contribution in [0.3, 0.4) is 0 Å². The van der Waals surface area contributed by atoms with Gasteiger partial charge in [0.2, 0.25) is 0 Å². The number of hydrogen-bond acceptors (Lipinski definition) is 4. The first kappa shape index (κ1) is 15.2. The lowest BCUT2D eigenvalue weighted by atomic mass is 10.2. The van der Waals surface area contributed by atoms with Gasteiger partial charge in [-0.2, -0.15) is 0 Å². The molecule has 7 heteroatoms. The predicted octanol–water partition coefficient (Wildman–Crippen LogP) is 1.62. The van der Waals surface area contributed by atoms with E-state index >= 15 is 0 Å². The molecule has 0 unspecified atom stereocenters. The SMILES string of the molecule is CCc1nccn1CCS(=O)(=O)c1cccc(C(=O)O)c1. The Labute approximate surface area is 123 Å². The number of carboxylic acid groups (broad SMARTS) is 1. The van der Waals surface area contributed by atoms with E-state index in [1.807, 2.05) is 6.92 Å². The molecule has 0 spiro atoms. The van der Waals surface area contributed by atoms with Gasteiger partial charge in [0, 0.05) is 25.4 Å². The number of imidazole rings is 1. The zero-order valence-corrected chi connectivity index (χ0v) is 12.4. The van der Waals surface area contributed by atoms with Crippen molar-refractivity contribution < 1.29 is 18.3 Å². The van der Waals surface area contributed by atoms with E-state index in [4.69, 9.17) is 5.11 Å². The van der Waals surface area contributed by atoms with Gasteiger partial charge in [-0.3, -0.25) is 0 Å². The van der Waals surface area contributed by atoms with Crippen LogP contribution in [0.4, 0.5) is 0 Å². The van der Waals surface area contributed by atoms with E-state index in [-0.39, 0.29) is 16.2 Å². The first-order valence-electron chi connectivity index (χ1n) is 6.50. The van der Waals surface area contributed by atoms with Crippen molar-refractivity contribution in [3.8, 4) is 0 Å². The number of aryl methyl sites for hydroxylation is 2. The number of sulfone groups is 1. The van der Waals surface area contributed by atoms with E-state index in [0.717, 1.165) is 12.2 Å². The third kappa shape index (κ3) is 3.49. The van der Waals surface area contributed by atoms with Crippen LogP contribution in [-0.2, 0) is 22.8 Å². The zero-order chi connectivity index (χ0) is 15.5. The minimum Gasteiger partial charge on any atom is -0.478 e. The number of nitrogens with zero attached hydrogens (tertiary/aromatic N) is 2. The summed E-state index contributed by atoms with van der Waals surface area (Å²) in [6.07, 6.45) is 4.10. The minimum atomic E-state index is -3.53. The van der Waals surface area contributed by atoms with Gasteiger partial charge in [-0.1, -0.05) is 13.0 Å². The number of aromatic nitrogens is 2. The van der Waals surface area contributed by atoms with Crippen LogP contribution in [0.1, 0.15) is 23.1 Å². The van der Waals surface area contributed by atoms with E-state index in [1.54, 1.807) is 17.0 Å². The topological polar surface area (TPSA) is 89.3 Å². The van der Waals surface area contributed by atoms with Crippen LogP contribution in [0.2, 0.25) is 0 Å². The molecule has 2 rings (SSSR count). The van der Waals surface area contributed by atoms with Crippen molar-refractivity contribution in [3.05, 3.63) is 48.0 Å². The summed E-state index contributed by atoms with van der Waals surface area (Å²) < 4.78 is 26.3. The Morgan fingerprint density at radius 1 is 1.38 bits per heavy atom. The highest BCUT2D eigenvalue weighted by molar-refractivity contribution is 7.91. The summed E-state index contributed by atoms with van der Waals surface area (Å²) in [5.41, 5.74) is -0.0343. The Balaban J connectivity index is 2.19. The molecule has 112 valence electrons. The van der Waals surface area contributed by atoms with Gasteiger partial charge in [-0.15, -0.1) is 0 Å². The van der Waals surface area contributed by atoms with Gasteiger partial charge in [0.05, 0.1) is 16.2 Å². The van der Waals surface area contributed by atoms with E-state index < -0.39 is 15.8 Å². The zero-order valence-electron chi connectivity index (χ0n) is 11.6. The fraction of sp³-hybridized carbons (Fsp3) is 0.286. The number of carboxylic acids is 1. The van der Waals surface area contributed by atoms with E-state index in [0.29, 0.717) is 6.54 Å². The van der Waals surface area contributed by atoms with Crippen molar-refractivity contribution in [1.29, 1.82) is 0 Å². The van der Waals surface area contributed by atoms with Gasteiger partial charge >= 0.3 is 5.97 Å². The molecule has 21 heavy (non-hydrogen) atoms. The second kappa shape index (κ2) is 6.09. The standard InChI is InChI=1S/C14H16N2O4S/c1-2-13-15-6-7-16(13)8-9-21(19,20)12-5-3-4-11(10-12)14(17)18/h3-7,10H,2,8-9H2,1H3,(H,17,18). The van der Waals surface area contributed by atoms with E-state index in [2.05, 4.69) is 4.98 Å². The maximum Gasteiger partial charge on any atom is 0.335 e.